The fourth-order valence-corrected chi connectivity index (χ4v) is 2.48. The van der Waals surface area contributed by atoms with Gasteiger partial charge in [-0.2, -0.15) is 0 Å². The molecule has 118 valence electrons. The minimum Gasteiger partial charge on any atom is -0.343 e. The summed E-state index contributed by atoms with van der Waals surface area (Å²) in [7, 11) is 0. The Kier molecular flexibility index (Phi) is 6.27. The maximum absolute atomic E-state index is 11.6. The first-order valence-corrected chi connectivity index (χ1v) is 7.78. The first kappa shape index (κ1) is 16.4. The van der Waals surface area contributed by atoms with Crippen LogP contribution in [0.1, 0.15) is 24.8 Å². The van der Waals surface area contributed by atoms with E-state index in [1.165, 1.54) is 0 Å². The van der Waals surface area contributed by atoms with E-state index in [4.69, 9.17) is 11.6 Å². The highest BCUT2D eigenvalue weighted by atomic mass is 35.5. The van der Waals surface area contributed by atoms with Gasteiger partial charge in [0.25, 0.3) is 0 Å². The Morgan fingerprint density at radius 1 is 1.36 bits per heavy atom. The summed E-state index contributed by atoms with van der Waals surface area (Å²) in [5.74, 6) is 0.215. The fourth-order valence-electron chi connectivity index (χ4n) is 2.28. The number of hydrogen-bond donors (Lipinski definition) is 2. The van der Waals surface area contributed by atoms with Crippen molar-refractivity contribution in [2.45, 2.75) is 19.3 Å². The van der Waals surface area contributed by atoms with E-state index in [2.05, 4.69) is 10.6 Å². The van der Waals surface area contributed by atoms with Crippen molar-refractivity contribution in [2.24, 2.45) is 0 Å². The zero-order chi connectivity index (χ0) is 15.8. The SMILES string of the molecule is O=C(N/C=C/c1ccccc1Cl)NCCCN1CCCC1=O. The average molecular weight is 322 g/mol. The number of hydrogen-bond acceptors (Lipinski definition) is 2. The average Bonchev–Trinajstić information content (AvgIpc) is 2.91. The van der Waals surface area contributed by atoms with E-state index in [1.54, 1.807) is 18.3 Å². The number of carbonyl (C=O) groups is 2. The molecule has 0 saturated carbocycles. The van der Waals surface area contributed by atoms with E-state index in [1.807, 2.05) is 23.1 Å². The molecule has 1 aliphatic heterocycles. The lowest BCUT2D eigenvalue weighted by Crippen LogP contribution is -2.35. The Labute approximate surface area is 135 Å². The molecule has 0 aromatic heterocycles. The second kappa shape index (κ2) is 8.44. The molecular weight excluding hydrogens is 302 g/mol. The first-order chi connectivity index (χ1) is 10.7. The lowest BCUT2D eigenvalue weighted by Gasteiger charge is -2.15. The van der Waals surface area contributed by atoms with Gasteiger partial charge in [0.1, 0.15) is 0 Å². The molecule has 0 atom stereocenters. The number of rotatable bonds is 6. The van der Waals surface area contributed by atoms with Gasteiger partial charge in [0, 0.05) is 37.3 Å². The smallest absolute Gasteiger partial charge is 0.318 e. The molecule has 2 N–H and O–H groups in total. The van der Waals surface area contributed by atoms with Crippen LogP contribution >= 0.6 is 11.6 Å². The minimum absolute atomic E-state index is 0.215. The van der Waals surface area contributed by atoms with Crippen molar-refractivity contribution in [1.82, 2.24) is 15.5 Å². The minimum atomic E-state index is -0.268. The zero-order valence-corrected chi connectivity index (χ0v) is 13.1. The van der Waals surface area contributed by atoms with Gasteiger partial charge in [-0.05, 0) is 30.5 Å². The highest BCUT2D eigenvalue weighted by Gasteiger charge is 2.18. The summed E-state index contributed by atoms with van der Waals surface area (Å²) in [6.07, 6.45) is 5.65. The normalized spacial score (nSPS) is 14.6. The van der Waals surface area contributed by atoms with E-state index in [0.717, 1.165) is 24.9 Å². The molecule has 0 spiro atoms. The monoisotopic (exact) mass is 321 g/mol. The van der Waals surface area contributed by atoms with Crippen LogP contribution in [0.15, 0.2) is 30.5 Å². The van der Waals surface area contributed by atoms with Gasteiger partial charge >= 0.3 is 6.03 Å². The number of amides is 3. The summed E-state index contributed by atoms with van der Waals surface area (Å²) in [6, 6.07) is 7.12. The third-order valence-corrected chi connectivity index (χ3v) is 3.79. The van der Waals surface area contributed by atoms with Crippen LogP contribution in [0.25, 0.3) is 6.08 Å². The van der Waals surface area contributed by atoms with Gasteiger partial charge in [0.15, 0.2) is 0 Å². The fraction of sp³-hybridized carbons (Fsp3) is 0.375. The van der Waals surface area contributed by atoms with Crippen LogP contribution in [-0.2, 0) is 4.79 Å². The quantitative estimate of drug-likeness (QED) is 0.791. The maximum Gasteiger partial charge on any atom is 0.318 e. The number of benzene rings is 1. The van der Waals surface area contributed by atoms with Crippen LogP contribution < -0.4 is 10.6 Å². The van der Waals surface area contributed by atoms with E-state index in [0.29, 0.717) is 24.5 Å². The summed E-state index contributed by atoms with van der Waals surface area (Å²) in [6.45, 7) is 2.08. The van der Waals surface area contributed by atoms with Gasteiger partial charge in [-0.1, -0.05) is 29.8 Å². The van der Waals surface area contributed by atoms with Crippen LogP contribution in [-0.4, -0.2) is 36.5 Å². The Morgan fingerprint density at radius 2 is 2.18 bits per heavy atom. The number of halogens is 1. The molecule has 22 heavy (non-hydrogen) atoms. The lowest BCUT2D eigenvalue weighted by atomic mass is 10.2. The van der Waals surface area contributed by atoms with E-state index in [9.17, 15) is 9.59 Å². The molecular formula is C16H20ClN3O2. The molecule has 0 unspecified atom stereocenters. The van der Waals surface area contributed by atoms with E-state index >= 15 is 0 Å². The number of nitrogens with one attached hydrogen (secondary N) is 2. The summed E-state index contributed by atoms with van der Waals surface area (Å²) >= 11 is 6.00. The Bertz CT molecular complexity index is 560. The third-order valence-electron chi connectivity index (χ3n) is 3.44. The van der Waals surface area contributed by atoms with Crippen molar-refractivity contribution in [3.05, 3.63) is 41.1 Å². The first-order valence-electron chi connectivity index (χ1n) is 7.40. The molecule has 1 aromatic rings. The number of likely N-dealkylation sites (tertiary alicyclic amines) is 1. The molecule has 1 heterocycles. The van der Waals surface area contributed by atoms with Gasteiger partial charge in [-0.3, -0.25) is 4.79 Å². The molecule has 0 aliphatic carbocycles. The van der Waals surface area contributed by atoms with Gasteiger partial charge in [0.2, 0.25) is 5.91 Å². The van der Waals surface area contributed by atoms with Crippen LogP contribution in [0, 0.1) is 0 Å². The Balaban J connectivity index is 1.62. The van der Waals surface area contributed by atoms with Gasteiger partial charge < -0.3 is 15.5 Å². The number of urea groups is 1. The second-order valence-corrected chi connectivity index (χ2v) is 5.50. The van der Waals surface area contributed by atoms with Crippen molar-refractivity contribution >= 4 is 29.6 Å². The number of carbonyl (C=O) groups excluding carboxylic acids is 2. The van der Waals surface area contributed by atoms with Gasteiger partial charge in [-0.25, -0.2) is 4.79 Å². The van der Waals surface area contributed by atoms with E-state index < -0.39 is 0 Å². The molecule has 1 aliphatic rings. The molecule has 1 saturated heterocycles. The van der Waals surface area contributed by atoms with Gasteiger partial charge in [0.05, 0.1) is 0 Å². The van der Waals surface area contributed by atoms with Crippen molar-refractivity contribution in [1.29, 1.82) is 0 Å². The topological polar surface area (TPSA) is 61.4 Å². The van der Waals surface area contributed by atoms with Crippen LogP contribution in [0.2, 0.25) is 5.02 Å². The molecule has 1 fully saturated rings. The third kappa shape index (κ3) is 5.07. The van der Waals surface area contributed by atoms with Crippen LogP contribution in [0.5, 0.6) is 0 Å². The van der Waals surface area contributed by atoms with Gasteiger partial charge in [-0.15, -0.1) is 0 Å². The Morgan fingerprint density at radius 3 is 2.91 bits per heavy atom. The second-order valence-electron chi connectivity index (χ2n) is 5.09. The van der Waals surface area contributed by atoms with E-state index in [-0.39, 0.29) is 11.9 Å². The molecule has 2 rings (SSSR count). The summed E-state index contributed by atoms with van der Waals surface area (Å²) in [5.41, 5.74) is 0.844. The van der Waals surface area contributed by atoms with Crippen molar-refractivity contribution < 1.29 is 9.59 Å². The van der Waals surface area contributed by atoms with Crippen LogP contribution in [0.3, 0.4) is 0 Å². The molecule has 0 radical (unpaired) electrons. The largest absolute Gasteiger partial charge is 0.343 e. The maximum atomic E-state index is 11.6. The molecule has 1 aromatic carbocycles. The van der Waals surface area contributed by atoms with Crippen molar-refractivity contribution in [3.8, 4) is 0 Å². The van der Waals surface area contributed by atoms with Crippen molar-refractivity contribution in [3.63, 3.8) is 0 Å². The molecule has 5 nitrogen and oxygen atoms in total. The molecule has 6 heteroatoms. The highest BCUT2D eigenvalue weighted by molar-refractivity contribution is 6.32. The zero-order valence-electron chi connectivity index (χ0n) is 12.3. The Hall–Kier alpha value is -2.01. The predicted octanol–water partition coefficient (Wildman–Crippen LogP) is 2.62. The highest BCUT2D eigenvalue weighted by Crippen LogP contribution is 2.15. The summed E-state index contributed by atoms with van der Waals surface area (Å²) in [5, 5.41) is 6.01. The molecule has 3 amide bonds. The predicted molar refractivity (Wildman–Crippen MR) is 87.5 cm³/mol. The van der Waals surface area contributed by atoms with Crippen molar-refractivity contribution in [2.75, 3.05) is 19.6 Å². The standard InChI is InChI=1S/C16H20ClN3O2/c17-14-6-2-1-5-13(14)8-10-19-16(22)18-9-4-12-20-11-3-7-15(20)21/h1-2,5-6,8,10H,3-4,7,9,11-12H2,(H2,18,19,22)/b10-8+. The summed E-state index contributed by atoms with van der Waals surface area (Å²) in [4.78, 5) is 24.8. The van der Waals surface area contributed by atoms with Crippen LogP contribution in [0.4, 0.5) is 4.79 Å². The molecule has 0 bridgehead atoms. The summed E-state index contributed by atoms with van der Waals surface area (Å²) < 4.78 is 0. The number of nitrogens with zero attached hydrogens (tertiary/aromatic N) is 1. The lowest BCUT2D eigenvalue weighted by molar-refractivity contribution is -0.127.